The zero-order chi connectivity index (χ0) is 18.8. The van der Waals surface area contributed by atoms with Gasteiger partial charge in [0.15, 0.2) is 0 Å². The number of hydrogen-bond donors (Lipinski definition) is 1. The van der Waals surface area contributed by atoms with Gasteiger partial charge in [0.05, 0.1) is 11.4 Å². The highest BCUT2D eigenvalue weighted by Crippen LogP contribution is 2.35. The van der Waals surface area contributed by atoms with Gasteiger partial charge in [-0.15, -0.1) is 0 Å². The van der Waals surface area contributed by atoms with Gasteiger partial charge in [-0.1, -0.05) is 56.1 Å². The number of hydrogen-bond acceptors (Lipinski definition) is 3. The van der Waals surface area contributed by atoms with Crippen LogP contribution in [0.2, 0.25) is 0 Å². The molecule has 0 saturated carbocycles. The molecule has 0 bridgehead atoms. The summed E-state index contributed by atoms with van der Waals surface area (Å²) >= 11 is 7.00. The molecule has 3 nitrogen and oxygen atoms in total. The van der Waals surface area contributed by atoms with Crippen molar-refractivity contribution in [2.24, 2.45) is 0 Å². The standard InChI is InChI=1S/C22H19Br2N3/c23-17-9-5-14(6-10-17)13-16-3-1-2-4-19-20(26-22(25)27-21(16)19)15-7-11-18(24)12-8-15/h5-13H,1-4H2,(H2,25,26,27)/b16-13+. The number of nitrogens with zero attached hydrogens (tertiary/aromatic N) is 2. The van der Waals surface area contributed by atoms with Crippen LogP contribution in [0.5, 0.6) is 0 Å². The van der Waals surface area contributed by atoms with E-state index in [-0.39, 0.29) is 0 Å². The van der Waals surface area contributed by atoms with Crippen molar-refractivity contribution in [1.82, 2.24) is 9.97 Å². The van der Waals surface area contributed by atoms with E-state index in [0.29, 0.717) is 5.95 Å². The number of halogens is 2. The summed E-state index contributed by atoms with van der Waals surface area (Å²) in [6, 6.07) is 16.6. The van der Waals surface area contributed by atoms with E-state index >= 15 is 0 Å². The first-order valence-electron chi connectivity index (χ1n) is 8.99. The van der Waals surface area contributed by atoms with E-state index in [1.165, 1.54) is 16.7 Å². The number of fused-ring (bicyclic) bond motifs is 1. The monoisotopic (exact) mass is 483 g/mol. The Morgan fingerprint density at radius 2 is 1.37 bits per heavy atom. The largest absolute Gasteiger partial charge is 0.368 e. The maximum Gasteiger partial charge on any atom is 0.221 e. The molecule has 0 unspecified atom stereocenters. The van der Waals surface area contributed by atoms with Gasteiger partial charge in [-0.3, -0.25) is 0 Å². The van der Waals surface area contributed by atoms with Gasteiger partial charge < -0.3 is 5.73 Å². The maximum absolute atomic E-state index is 6.11. The summed E-state index contributed by atoms with van der Waals surface area (Å²) in [5.74, 6) is 0.329. The Kier molecular flexibility index (Phi) is 5.41. The highest BCUT2D eigenvalue weighted by Gasteiger charge is 2.20. The van der Waals surface area contributed by atoms with Crippen LogP contribution in [-0.4, -0.2) is 9.97 Å². The minimum atomic E-state index is 0.329. The zero-order valence-electron chi connectivity index (χ0n) is 14.8. The van der Waals surface area contributed by atoms with Gasteiger partial charge >= 0.3 is 0 Å². The molecule has 1 aromatic heterocycles. The first kappa shape index (κ1) is 18.4. The fraction of sp³-hybridized carbons (Fsp3) is 0.182. The number of rotatable bonds is 2. The molecule has 0 fully saturated rings. The number of allylic oxidation sites excluding steroid dienone is 1. The van der Waals surface area contributed by atoms with Crippen LogP contribution in [0, 0.1) is 0 Å². The van der Waals surface area contributed by atoms with Gasteiger partial charge in [0.25, 0.3) is 0 Å². The highest BCUT2D eigenvalue weighted by atomic mass is 79.9. The summed E-state index contributed by atoms with van der Waals surface area (Å²) in [7, 11) is 0. The molecule has 4 rings (SSSR count). The third-order valence-corrected chi connectivity index (χ3v) is 5.84. The third-order valence-electron chi connectivity index (χ3n) is 4.78. The topological polar surface area (TPSA) is 51.8 Å². The Morgan fingerprint density at radius 1 is 0.778 bits per heavy atom. The van der Waals surface area contributed by atoms with Gasteiger partial charge in [0.2, 0.25) is 5.95 Å². The summed E-state index contributed by atoms with van der Waals surface area (Å²) in [5, 5.41) is 0. The number of nitrogens with two attached hydrogens (primary N) is 1. The first-order chi connectivity index (χ1) is 13.1. The van der Waals surface area contributed by atoms with E-state index in [4.69, 9.17) is 5.73 Å². The lowest BCUT2D eigenvalue weighted by Gasteiger charge is -2.14. The van der Waals surface area contributed by atoms with Crippen LogP contribution in [-0.2, 0) is 6.42 Å². The average molecular weight is 485 g/mol. The van der Waals surface area contributed by atoms with Crippen LogP contribution in [0.25, 0.3) is 22.9 Å². The third kappa shape index (κ3) is 4.14. The van der Waals surface area contributed by atoms with E-state index in [0.717, 1.165) is 51.6 Å². The van der Waals surface area contributed by atoms with Crippen molar-refractivity contribution < 1.29 is 0 Å². The predicted molar refractivity (Wildman–Crippen MR) is 119 cm³/mol. The Morgan fingerprint density at radius 3 is 2.07 bits per heavy atom. The second kappa shape index (κ2) is 7.95. The molecule has 0 amide bonds. The normalized spacial score (nSPS) is 15.4. The minimum absolute atomic E-state index is 0.329. The number of nitrogen functional groups attached to an aromatic ring is 1. The van der Waals surface area contributed by atoms with Crippen LogP contribution < -0.4 is 5.73 Å². The van der Waals surface area contributed by atoms with Crippen molar-refractivity contribution in [2.75, 3.05) is 5.73 Å². The lowest BCUT2D eigenvalue weighted by Crippen LogP contribution is -2.06. The molecule has 2 N–H and O–H groups in total. The summed E-state index contributed by atoms with van der Waals surface area (Å²) in [6.45, 7) is 0. The fourth-order valence-electron chi connectivity index (χ4n) is 3.49. The zero-order valence-corrected chi connectivity index (χ0v) is 17.9. The summed E-state index contributed by atoms with van der Waals surface area (Å²) in [6.07, 6.45) is 6.46. The quantitative estimate of drug-likeness (QED) is 0.421. The molecule has 2 aromatic carbocycles. The lowest BCUT2D eigenvalue weighted by atomic mass is 9.98. The molecule has 0 atom stereocenters. The van der Waals surface area contributed by atoms with Gasteiger partial charge in [-0.05, 0) is 67.2 Å². The molecule has 27 heavy (non-hydrogen) atoms. The molecule has 1 heterocycles. The fourth-order valence-corrected chi connectivity index (χ4v) is 4.02. The predicted octanol–water partition coefficient (Wildman–Crippen LogP) is 6.52. The molecule has 0 radical (unpaired) electrons. The molecule has 1 aliphatic carbocycles. The molecule has 0 spiro atoms. The first-order valence-corrected chi connectivity index (χ1v) is 10.6. The van der Waals surface area contributed by atoms with Crippen LogP contribution in [0.1, 0.15) is 36.1 Å². The van der Waals surface area contributed by atoms with Gasteiger partial charge in [-0.25, -0.2) is 9.97 Å². The molecule has 5 heteroatoms. The SMILES string of the molecule is Nc1nc2c(c(-c3ccc(Br)cc3)n1)CCCC/C2=C\c1ccc(Br)cc1. The molecule has 136 valence electrons. The summed E-state index contributed by atoms with van der Waals surface area (Å²) in [4.78, 5) is 9.25. The molecule has 0 aliphatic heterocycles. The smallest absolute Gasteiger partial charge is 0.221 e. The van der Waals surface area contributed by atoms with Gasteiger partial charge in [-0.2, -0.15) is 0 Å². The van der Waals surface area contributed by atoms with Crippen molar-refractivity contribution in [3.8, 4) is 11.3 Å². The Labute approximate surface area is 176 Å². The Hall–Kier alpha value is -1.98. The number of aromatic nitrogens is 2. The molecule has 0 saturated heterocycles. The second-order valence-corrected chi connectivity index (χ2v) is 8.52. The maximum atomic E-state index is 6.11. The van der Waals surface area contributed by atoms with E-state index in [1.54, 1.807) is 0 Å². The Bertz CT molecular complexity index is 993. The van der Waals surface area contributed by atoms with Crippen LogP contribution in [0.4, 0.5) is 5.95 Å². The van der Waals surface area contributed by atoms with E-state index in [9.17, 15) is 0 Å². The van der Waals surface area contributed by atoms with Crippen LogP contribution >= 0.6 is 31.9 Å². The molecule has 1 aliphatic rings. The average Bonchev–Trinajstić information content (AvgIpc) is 2.86. The van der Waals surface area contributed by atoms with Crippen LogP contribution in [0.15, 0.2) is 57.5 Å². The van der Waals surface area contributed by atoms with Crippen molar-refractivity contribution in [3.05, 3.63) is 74.3 Å². The Balaban J connectivity index is 1.86. The second-order valence-electron chi connectivity index (χ2n) is 6.69. The molecular weight excluding hydrogens is 466 g/mol. The highest BCUT2D eigenvalue weighted by molar-refractivity contribution is 9.10. The van der Waals surface area contributed by atoms with Crippen molar-refractivity contribution >= 4 is 49.5 Å². The van der Waals surface area contributed by atoms with Gasteiger partial charge in [0.1, 0.15) is 0 Å². The van der Waals surface area contributed by atoms with Crippen molar-refractivity contribution in [2.45, 2.75) is 25.7 Å². The van der Waals surface area contributed by atoms with E-state index in [1.807, 2.05) is 12.1 Å². The summed E-state index contributed by atoms with van der Waals surface area (Å²) < 4.78 is 2.13. The van der Waals surface area contributed by atoms with Gasteiger partial charge in [0, 0.05) is 20.1 Å². The van der Waals surface area contributed by atoms with Crippen molar-refractivity contribution in [3.63, 3.8) is 0 Å². The van der Waals surface area contributed by atoms with E-state index in [2.05, 4.69) is 84.3 Å². The lowest BCUT2D eigenvalue weighted by molar-refractivity contribution is 0.771. The van der Waals surface area contributed by atoms with E-state index < -0.39 is 0 Å². The molecule has 3 aromatic rings. The van der Waals surface area contributed by atoms with Crippen LogP contribution in [0.3, 0.4) is 0 Å². The summed E-state index contributed by atoms with van der Waals surface area (Å²) in [5.41, 5.74) is 12.7. The minimum Gasteiger partial charge on any atom is -0.368 e. The molecular formula is C22H19Br2N3. The number of benzene rings is 2. The number of anilines is 1. The van der Waals surface area contributed by atoms with Crippen molar-refractivity contribution in [1.29, 1.82) is 0 Å².